The Labute approximate surface area is 130 Å². The summed E-state index contributed by atoms with van der Waals surface area (Å²) < 4.78 is 2.76. The second-order valence-electron chi connectivity index (χ2n) is 4.91. The van der Waals surface area contributed by atoms with Gasteiger partial charge in [-0.2, -0.15) is 0 Å². The van der Waals surface area contributed by atoms with Gasteiger partial charge < -0.3 is 9.67 Å². The van der Waals surface area contributed by atoms with E-state index in [0.29, 0.717) is 10.8 Å². The molecule has 2 aromatic carbocycles. The van der Waals surface area contributed by atoms with Crippen LogP contribution in [0.15, 0.2) is 58.8 Å². The molecule has 0 aliphatic carbocycles. The van der Waals surface area contributed by atoms with Crippen molar-refractivity contribution in [2.75, 3.05) is 0 Å². The normalized spacial score (nSPS) is 11.9. The van der Waals surface area contributed by atoms with E-state index in [9.17, 15) is 5.11 Å². The number of aromatic nitrogens is 2. The van der Waals surface area contributed by atoms with Crippen molar-refractivity contribution in [2.45, 2.75) is 0 Å². The number of aryl methyl sites for hydroxylation is 1. The summed E-state index contributed by atoms with van der Waals surface area (Å²) >= 11 is 1.47. The van der Waals surface area contributed by atoms with Gasteiger partial charge in [0.05, 0.1) is 15.7 Å². The van der Waals surface area contributed by atoms with Crippen molar-refractivity contribution in [1.29, 1.82) is 0 Å². The molecule has 0 bridgehead atoms. The van der Waals surface area contributed by atoms with Gasteiger partial charge >= 0.3 is 0 Å². The standard InChI is InChI=1S/C16H12N4OS/c1-20-12-8-4-2-6-10(12)14(15(20)21)18-19-16-17-11-7-3-5-9-13(11)22-16/h2-9,21H,1H3. The maximum absolute atomic E-state index is 10.2. The molecule has 1 N–H and O–H groups in total. The second-order valence-corrected chi connectivity index (χ2v) is 5.92. The zero-order valence-electron chi connectivity index (χ0n) is 11.8. The molecule has 0 unspecified atom stereocenters. The van der Waals surface area contributed by atoms with Crippen molar-refractivity contribution in [1.82, 2.24) is 9.55 Å². The van der Waals surface area contributed by atoms with Crippen molar-refractivity contribution >= 4 is 43.3 Å². The zero-order chi connectivity index (χ0) is 15.1. The summed E-state index contributed by atoms with van der Waals surface area (Å²) in [7, 11) is 1.80. The first-order valence-corrected chi connectivity index (χ1v) is 7.59. The zero-order valence-corrected chi connectivity index (χ0v) is 12.6. The molecular formula is C16H12N4OS. The van der Waals surface area contributed by atoms with Crippen LogP contribution in [0.4, 0.5) is 10.8 Å². The van der Waals surface area contributed by atoms with Gasteiger partial charge in [-0.1, -0.05) is 41.7 Å². The lowest BCUT2D eigenvalue weighted by Gasteiger charge is -1.94. The minimum Gasteiger partial charge on any atom is -0.493 e. The van der Waals surface area contributed by atoms with E-state index in [1.807, 2.05) is 48.5 Å². The molecular weight excluding hydrogens is 296 g/mol. The average Bonchev–Trinajstić information content (AvgIpc) is 3.06. The highest BCUT2D eigenvalue weighted by Gasteiger charge is 2.13. The third-order valence-corrected chi connectivity index (χ3v) is 4.49. The van der Waals surface area contributed by atoms with Gasteiger partial charge in [0, 0.05) is 12.4 Å². The predicted molar refractivity (Wildman–Crippen MR) is 88.4 cm³/mol. The summed E-state index contributed by atoms with van der Waals surface area (Å²) in [6, 6.07) is 15.6. The maximum Gasteiger partial charge on any atom is 0.231 e. The molecule has 0 aliphatic heterocycles. The Bertz CT molecular complexity index is 983. The Morgan fingerprint density at radius 3 is 2.68 bits per heavy atom. The summed E-state index contributed by atoms with van der Waals surface area (Å²) in [5.41, 5.74) is 2.29. The smallest absolute Gasteiger partial charge is 0.231 e. The van der Waals surface area contributed by atoms with Gasteiger partial charge in [0.1, 0.15) is 0 Å². The fraction of sp³-hybridized carbons (Fsp3) is 0.0625. The molecule has 0 amide bonds. The lowest BCUT2D eigenvalue weighted by Crippen LogP contribution is -1.84. The highest BCUT2D eigenvalue weighted by Crippen LogP contribution is 2.39. The first-order valence-electron chi connectivity index (χ1n) is 6.78. The maximum atomic E-state index is 10.2. The Morgan fingerprint density at radius 1 is 1.05 bits per heavy atom. The largest absolute Gasteiger partial charge is 0.493 e. The SMILES string of the molecule is Cn1c(O)c(N=Nc2nc3ccccc3s2)c2ccccc21. The lowest BCUT2D eigenvalue weighted by atomic mass is 10.2. The molecule has 0 atom stereocenters. The van der Waals surface area contributed by atoms with Gasteiger partial charge in [0.25, 0.3) is 0 Å². The van der Waals surface area contributed by atoms with Crippen LogP contribution < -0.4 is 0 Å². The Kier molecular flexibility index (Phi) is 2.90. The minimum atomic E-state index is 0.103. The molecule has 4 aromatic rings. The minimum absolute atomic E-state index is 0.103. The molecule has 108 valence electrons. The van der Waals surface area contributed by atoms with E-state index >= 15 is 0 Å². The molecule has 0 saturated carbocycles. The fourth-order valence-electron chi connectivity index (χ4n) is 2.45. The number of para-hydroxylation sites is 2. The number of benzene rings is 2. The van der Waals surface area contributed by atoms with E-state index in [1.54, 1.807) is 11.6 Å². The number of hydrogen-bond acceptors (Lipinski definition) is 5. The van der Waals surface area contributed by atoms with Crippen LogP contribution in [0.3, 0.4) is 0 Å². The van der Waals surface area contributed by atoms with Crippen LogP contribution in [-0.4, -0.2) is 14.7 Å². The number of thiazole rings is 1. The summed E-state index contributed by atoms with van der Waals surface area (Å²) in [6.07, 6.45) is 0. The van der Waals surface area contributed by atoms with Gasteiger partial charge in [-0.05, 0) is 18.2 Å². The van der Waals surface area contributed by atoms with Gasteiger partial charge in [0.15, 0.2) is 5.69 Å². The van der Waals surface area contributed by atoms with Crippen LogP contribution in [-0.2, 0) is 7.05 Å². The predicted octanol–water partition coefficient (Wildman–Crippen LogP) is 4.91. The van der Waals surface area contributed by atoms with Crippen LogP contribution in [0.25, 0.3) is 21.1 Å². The molecule has 6 heteroatoms. The molecule has 0 spiro atoms. The van der Waals surface area contributed by atoms with Crippen LogP contribution >= 0.6 is 11.3 Å². The van der Waals surface area contributed by atoms with Crippen molar-refractivity contribution in [3.05, 3.63) is 48.5 Å². The van der Waals surface area contributed by atoms with E-state index in [2.05, 4.69) is 15.2 Å². The summed E-state index contributed by atoms with van der Waals surface area (Å²) in [5.74, 6) is 0.103. The molecule has 2 aromatic heterocycles. The average molecular weight is 308 g/mol. The van der Waals surface area contributed by atoms with E-state index < -0.39 is 0 Å². The van der Waals surface area contributed by atoms with Crippen LogP contribution in [0, 0.1) is 0 Å². The number of hydrogen-bond donors (Lipinski definition) is 1. The van der Waals surface area contributed by atoms with E-state index in [4.69, 9.17) is 0 Å². The highest BCUT2D eigenvalue weighted by molar-refractivity contribution is 7.21. The monoisotopic (exact) mass is 308 g/mol. The number of fused-ring (bicyclic) bond motifs is 2. The second kappa shape index (κ2) is 4.92. The molecule has 4 rings (SSSR count). The molecule has 22 heavy (non-hydrogen) atoms. The third-order valence-electron chi connectivity index (χ3n) is 3.57. The molecule has 0 saturated heterocycles. The topological polar surface area (TPSA) is 62.8 Å². The number of azo groups is 1. The first-order chi connectivity index (χ1) is 10.7. The Morgan fingerprint density at radius 2 is 1.82 bits per heavy atom. The van der Waals surface area contributed by atoms with Crippen molar-refractivity contribution in [3.63, 3.8) is 0 Å². The molecule has 0 aliphatic rings. The van der Waals surface area contributed by atoms with E-state index in [0.717, 1.165) is 21.1 Å². The van der Waals surface area contributed by atoms with Crippen molar-refractivity contribution in [2.24, 2.45) is 17.3 Å². The quantitative estimate of drug-likeness (QED) is 0.535. The fourth-order valence-corrected chi connectivity index (χ4v) is 3.24. The molecule has 0 radical (unpaired) electrons. The highest BCUT2D eigenvalue weighted by atomic mass is 32.1. The van der Waals surface area contributed by atoms with Crippen LogP contribution in [0.1, 0.15) is 0 Å². The Balaban J connectivity index is 1.81. The summed E-state index contributed by atoms with van der Waals surface area (Å²) in [4.78, 5) is 4.41. The van der Waals surface area contributed by atoms with E-state index in [1.165, 1.54) is 11.3 Å². The lowest BCUT2D eigenvalue weighted by molar-refractivity contribution is 0.436. The van der Waals surface area contributed by atoms with Crippen LogP contribution in [0.2, 0.25) is 0 Å². The van der Waals surface area contributed by atoms with Crippen LogP contribution in [0.5, 0.6) is 5.88 Å². The molecule has 2 heterocycles. The van der Waals surface area contributed by atoms with Crippen molar-refractivity contribution < 1.29 is 5.11 Å². The summed E-state index contributed by atoms with van der Waals surface area (Å²) in [6.45, 7) is 0. The molecule has 0 fully saturated rings. The van der Waals surface area contributed by atoms with Gasteiger partial charge in [-0.15, -0.1) is 10.2 Å². The van der Waals surface area contributed by atoms with Gasteiger partial charge in [-0.3, -0.25) is 0 Å². The van der Waals surface area contributed by atoms with Gasteiger partial charge in [-0.25, -0.2) is 4.98 Å². The number of nitrogens with zero attached hydrogens (tertiary/aromatic N) is 4. The third kappa shape index (κ3) is 1.96. The van der Waals surface area contributed by atoms with Gasteiger partial charge in [0.2, 0.25) is 11.0 Å². The number of aromatic hydroxyl groups is 1. The number of rotatable bonds is 2. The summed E-state index contributed by atoms with van der Waals surface area (Å²) in [5, 5.41) is 20.1. The van der Waals surface area contributed by atoms with E-state index in [-0.39, 0.29) is 5.88 Å². The first kappa shape index (κ1) is 13.0. The van der Waals surface area contributed by atoms with Crippen molar-refractivity contribution in [3.8, 4) is 5.88 Å². The molecule has 5 nitrogen and oxygen atoms in total. The Hall–Kier alpha value is -2.73.